The van der Waals surface area contributed by atoms with Crippen molar-refractivity contribution in [2.75, 3.05) is 11.1 Å². The van der Waals surface area contributed by atoms with Crippen LogP contribution in [0, 0.1) is 5.92 Å². The minimum absolute atomic E-state index is 0.536. The molecule has 2 rings (SSSR count). The van der Waals surface area contributed by atoms with Crippen LogP contribution in [-0.2, 0) is 0 Å². The van der Waals surface area contributed by atoms with Gasteiger partial charge in [-0.15, -0.1) is 0 Å². The van der Waals surface area contributed by atoms with E-state index in [0.717, 1.165) is 21.9 Å². The fourth-order valence-corrected chi connectivity index (χ4v) is 3.12. The van der Waals surface area contributed by atoms with Crippen molar-refractivity contribution in [3.8, 4) is 0 Å². The molecule has 0 saturated heterocycles. The Morgan fingerprint density at radius 3 is 2.72 bits per heavy atom. The summed E-state index contributed by atoms with van der Waals surface area (Å²) in [5.74, 6) is 1.76. The molecule has 1 aliphatic rings. The summed E-state index contributed by atoms with van der Waals surface area (Å²) in [6.07, 6.45) is 9.63. The van der Waals surface area contributed by atoms with E-state index in [2.05, 4.69) is 33.2 Å². The quantitative estimate of drug-likeness (QED) is 0.876. The maximum absolute atomic E-state index is 5.96. The van der Waals surface area contributed by atoms with Gasteiger partial charge in [-0.25, -0.2) is 4.98 Å². The molecule has 1 fully saturated rings. The van der Waals surface area contributed by atoms with Gasteiger partial charge in [0.05, 0.1) is 5.69 Å². The molecule has 100 valence electrons. The topological polar surface area (TPSA) is 50.9 Å². The summed E-state index contributed by atoms with van der Waals surface area (Å²) in [4.78, 5) is 4.34. The highest BCUT2D eigenvalue weighted by Crippen LogP contribution is 2.30. The van der Waals surface area contributed by atoms with E-state index < -0.39 is 0 Å². The standard InChI is InChI=1S/C14H22BrN3/c1-2-3-10-4-6-12(7-5-10)18-14-13(16)8-11(15)9-17-14/h8-10,12H,2-7,16H2,1H3,(H,17,18). The Kier molecular flexibility index (Phi) is 4.87. The van der Waals surface area contributed by atoms with Crippen molar-refractivity contribution >= 4 is 27.4 Å². The number of nitrogen functional groups attached to an aromatic ring is 1. The highest BCUT2D eigenvalue weighted by atomic mass is 79.9. The molecule has 1 aromatic heterocycles. The first-order valence-corrected chi connectivity index (χ1v) is 7.66. The number of hydrogen-bond acceptors (Lipinski definition) is 3. The molecule has 0 atom stereocenters. The summed E-state index contributed by atoms with van der Waals surface area (Å²) in [5.41, 5.74) is 6.68. The van der Waals surface area contributed by atoms with Gasteiger partial charge in [-0.05, 0) is 53.6 Å². The highest BCUT2D eigenvalue weighted by molar-refractivity contribution is 9.10. The molecular formula is C14H22BrN3. The number of nitrogens with two attached hydrogens (primary N) is 1. The Morgan fingerprint density at radius 2 is 2.11 bits per heavy atom. The third-order valence-corrected chi connectivity index (χ3v) is 4.20. The Labute approximate surface area is 118 Å². The third kappa shape index (κ3) is 3.61. The molecule has 0 unspecified atom stereocenters. The summed E-state index contributed by atoms with van der Waals surface area (Å²) >= 11 is 3.38. The molecule has 3 N–H and O–H groups in total. The molecular weight excluding hydrogens is 290 g/mol. The maximum Gasteiger partial charge on any atom is 0.149 e. The van der Waals surface area contributed by atoms with Crippen LogP contribution >= 0.6 is 15.9 Å². The monoisotopic (exact) mass is 311 g/mol. The zero-order chi connectivity index (χ0) is 13.0. The third-order valence-electron chi connectivity index (χ3n) is 3.77. The van der Waals surface area contributed by atoms with Crippen molar-refractivity contribution in [3.63, 3.8) is 0 Å². The molecule has 18 heavy (non-hydrogen) atoms. The Morgan fingerprint density at radius 1 is 1.39 bits per heavy atom. The number of pyridine rings is 1. The van der Waals surface area contributed by atoms with Gasteiger partial charge in [0.1, 0.15) is 5.82 Å². The molecule has 0 spiro atoms. The first-order chi connectivity index (χ1) is 8.69. The van der Waals surface area contributed by atoms with E-state index in [1.165, 1.54) is 38.5 Å². The molecule has 1 saturated carbocycles. The predicted octanol–water partition coefficient (Wildman–Crippen LogP) is 4.20. The first kappa shape index (κ1) is 13.7. The summed E-state index contributed by atoms with van der Waals surface area (Å²) in [6.45, 7) is 2.27. The number of nitrogens with one attached hydrogen (secondary N) is 1. The lowest BCUT2D eigenvalue weighted by molar-refractivity contribution is 0.318. The van der Waals surface area contributed by atoms with Crippen LogP contribution in [0.2, 0.25) is 0 Å². The summed E-state index contributed by atoms with van der Waals surface area (Å²) in [7, 11) is 0. The number of anilines is 2. The SMILES string of the molecule is CCCC1CCC(Nc2ncc(Br)cc2N)CC1. The Balaban J connectivity index is 1.87. The van der Waals surface area contributed by atoms with Crippen LogP contribution in [0.25, 0.3) is 0 Å². The van der Waals surface area contributed by atoms with Gasteiger partial charge in [0.15, 0.2) is 0 Å². The maximum atomic E-state index is 5.96. The summed E-state index contributed by atoms with van der Waals surface area (Å²) in [5, 5.41) is 3.48. The lowest BCUT2D eigenvalue weighted by atomic mass is 9.83. The molecule has 0 aromatic carbocycles. The summed E-state index contributed by atoms with van der Waals surface area (Å²) in [6, 6.07) is 2.44. The average Bonchev–Trinajstić information content (AvgIpc) is 2.35. The van der Waals surface area contributed by atoms with Gasteiger partial charge >= 0.3 is 0 Å². The molecule has 4 heteroatoms. The molecule has 0 bridgehead atoms. The van der Waals surface area contributed by atoms with Gasteiger partial charge in [0.25, 0.3) is 0 Å². The van der Waals surface area contributed by atoms with E-state index in [-0.39, 0.29) is 0 Å². The van der Waals surface area contributed by atoms with Crippen LogP contribution in [0.3, 0.4) is 0 Å². The Bertz CT molecular complexity index is 387. The molecule has 1 aliphatic carbocycles. The number of aromatic nitrogens is 1. The molecule has 1 aromatic rings. The van der Waals surface area contributed by atoms with E-state index in [4.69, 9.17) is 5.73 Å². The predicted molar refractivity (Wildman–Crippen MR) is 80.6 cm³/mol. The Hall–Kier alpha value is -0.770. The zero-order valence-electron chi connectivity index (χ0n) is 11.0. The number of hydrogen-bond donors (Lipinski definition) is 2. The second-order valence-electron chi connectivity index (χ2n) is 5.24. The van der Waals surface area contributed by atoms with Crippen molar-refractivity contribution in [3.05, 3.63) is 16.7 Å². The molecule has 0 amide bonds. The molecule has 3 nitrogen and oxygen atoms in total. The van der Waals surface area contributed by atoms with Crippen LogP contribution < -0.4 is 11.1 Å². The van der Waals surface area contributed by atoms with Gasteiger partial charge in [0.2, 0.25) is 0 Å². The van der Waals surface area contributed by atoms with Gasteiger partial charge in [-0.2, -0.15) is 0 Å². The van der Waals surface area contributed by atoms with E-state index in [1.807, 2.05) is 6.07 Å². The minimum atomic E-state index is 0.536. The van der Waals surface area contributed by atoms with Crippen molar-refractivity contribution in [1.82, 2.24) is 4.98 Å². The fraction of sp³-hybridized carbons (Fsp3) is 0.643. The fourth-order valence-electron chi connectivity index (χ4n) is 2.77. The first-order valence-electron chi connectivity index (χ1n) is 6.86. The van der Waals surface area contributed by atoms with E-state index in [1.54, 1.807) is 6.20 Å². The number of rotatable bonds is 4. The van der Waals surface area contributed by atoms with Gasteiger partial charge in [-0.1, -0.05) is 19.8 Å². The normalized spacial score (nSPS) is 23.9. The van der Waals surface area contributed by atoms with Crippen molar-refractivity contribution < 1.29 is 0 Å². The van der Waals surface area contributed by atoms with E-state index in [9.17, 15) is 0 Å². The zero-order valence-corrected chi connectivity index (χ0v) is 12.5. The van der Waals surface area contributed by atoms with E-state index in [0.29, 0.717) is 6.04 Å². The molecule has 1 heterocycles. The van der Waals surface area contributed by atoms with Crippen LogP contribution in [0.4, 0.5) is 11.5 Å². The van der Waals surface area contributed by atoms with Crippen LogP contribution in [0.1, 0.15) is 45.4 Å². The van der Waals surface area contributed by atoms with Crippen LogP contribution in [0.5, 0.6) is 0 Å². The summed E-state index contributed by atoms with van der Waals surface area (Å²) < 4.78 is 0.928. The highest BCUT2D eigenvalue weighted by Gasteiger charge is 2.21. The average molecular weight is 312 g/mol. The minimum Gasteiger partial charge on any atom is -0.396 e. The van der Waals surface area contributed by atoms with Gasteiger partial charge in [0, 0.05) is 16.7 Å². The second kappa shape index (κ2) is 6.41. The second-order valence-corrected chi connectivity index (χ2v) is 6.16. The lowest BCUT2D eigenvalue weighted by Crippen LogP contribution is -2.26. The smallest absolute Gasteiger partial charge is 0.149 e. The molecule has 0 radical (unpaired) electrons. The molecule has 0 aliphatic heterocycles. The van der Waals surface area contributed by atoms with Gasteiger partial charge < -0.3 is 11.1 Å². The number of nitrogens with zero attached hydrogens (tertiary/aromatic N) is 1. The van der Waals surface area contributed by atoms with E-state index >= 15 is 0 Å². The van der Waals surface area contributed by atoms with Crippen LogP contribution in [-0.4, -0.2) is 11.0 Å². The largest absolute Gasteiger partial charge is 0.396 e. The van der Waals surface area contributed by atoms with Crippen molar-refractivity contribution in [2.24, 2.45) is 5.92 Å². The van der Waals surface area contributed by atoms with Gasteiger partial charge in [-0.3, -0.25) is 0 Å². The van der Waals surface area contributed by atoms with Crippen molar-refractivity contribution in [1.29, 1.82) is 0 Å². The number of halogens is 1. The van der Waals surface area contributed by atoms with Crippen LogP contribution in [0.15, 0.2) is 16.7 Å². The lowest BCUT2D eigenvalue weighted by Gasteiger charge is -2.29. The van der Waals surface area contributed by atoms with Crippen molar-refractivity contribution in [2.45, 2.75) is 51.5 Å².